The summed E-state index contributed by atoms with van der Waals surface area (Å²) in [7, 11) is 0. The second-order valence-corrected chi connectivity index (χ2v) is 6.18. The Hall–Kier alpha value is -0.870. The Balaban J connectivity index is 1.99. The fourth-order valence-corrected chi connectivity index (χ4v) is 2.85. The number of aliphatic hydroxyl groups is 1. The largest absolute Gasteiger partial charge is 0.393 e. The zero-order valence-corrected chi connectivity index (χ0v) is 11.8. The van der Waals surface area contributed by atoms with E-state index in [0.29, 0.717) is 0 Å². The summed E-state index contributed by atoms with van der Waals surface area (Å²) >= 11 is 0. The van der Waals surface area contributed by atoms with E-state index in [0.717, 1.165) is 44.7 Å². The number of rotatable bonds is 3. The minimum absolute atomic E-state index is 0.154. The number of hydrogen-bond donors (Lipinski definition) is 1. The van der Waals surface area contributed by atoms with Crippen LogP contribution in [0, 0.1) is 5.41 Å². The van der Waals surface area contributed by atoms with Crippen LogP contribution in [0.3, 0.4) is 0 Å². The first kappa shape index (κ1) is 13.6. The summed E-state index contributed by atoms with van der Waals surface area (Å²) in [5.74, 6) is 0. The third kappa shape index (κ3) is 3.56. The molecule has 18 heavy (non-hydrogen) atoms. The summed E-state index contributed by atoms with van der Waals surface area (Å²) in [5, 5.41) is 14.4. The van der Waals surface area contributed by atoms with Crippen molar-refractivity contribution in [2.24, 2.45) is 5.41 Å². The second-order valence-electron chi connectivity index (χ2n) is 6.18. The molecular formula is C14H25N3O. The van der Waals surface area contributed by atoms with Crippen LogP contribution in [-0.4, -0.2) is 39.0 Å². The van der Waals surface area contributed by atoms with Gasteiger partial charge in [0.25, 0.3) is 0 Å². The molecule has 1 atom stereocenters. The summed E-state index contributed by atoms with van der Waals surface area (Å²) in [4.78, 5) is 2.42. The van der Waals surface area contributed by atoms with Gasteiger partial charge in [-0.15, -0.1) is 0 Å². The fourth-order valence-electron chi connectivity index (χ4n) is 2.85. The Morgan fingerprint density at radius 1 is 1.50 bits per heavy atom. The molecule has 1 aliphatic heterocycles. The standard InChI is InChI=1S/C14H25N3O/c1-4-17-8-5-12(15-17)10-16-7-6-13(18)9-14(2,3)11-16/h5,8,13,18H,4,6-7,9-11H2,1-3H3/t13-/m0/s1. The van der Waals surface area contributed by atoms with E-state index in [9.17, 15) is 5.11 Å². The van der Waals surface area contributed by atoms with Crippen LogP contribution < -0.4 is 0 Å². The molecule has 1 N–H and O–H groups in total. The lowest BCUT2D eigenvalue weighted by Gasteiger charge is -2.29. The van der Waals surface area contributed by atoms with E-state index in [-0.39, 0.29) is 11.5 Å². The topological polar surface area (TPSA) is 41.3 Å². The molecule has 0 aliphatic carbocycles. The maximum Gasteiger partial charge on any atom is 0.0764 e. The zero-order chi connectivity index (χ0) is 13.2. The molecule has 0 amide bonds. The lowest BCUT2D eigenvalue weighted by Crippen LogP contribution is -2.32. The Morgan fingerprint density at radius 2 is 2.28 bits per heavy atom. The molecule has 1 aromatic rings. The van der Waals surface area contributed by atoms with E-state index >= 15 is 0 Å². The lowest BCUT2D eigenvalue weighted by atomic mass is 9.87. The quantitative estimate of drug-likeness (QED) is 0.892. The number of nitrogens with zero attached hydrogens (tertiary/aromatic N) is 3. The third-order valence-electron chi connectivity index (χ3n) is 3.62. The van der Waals surface area contributed by atoms with Crippen molar-refractivity contribution >= 4 is 0 Å². The molecule has 0 bridgehead atoms. The molecule has 102 valence electrons. The summed E-state index contributed by atoms with van der Waals surface area (Å²) in [5.41, 5.74) is 1.31. The number of likely N-dealkylation sites (tertiary alicyclic amines) is 1. The van der Waals surface area contributed by atoms with E-state index in [1.807, 2.05) is 10.9 Å². The van der Waals surface area contributed by atoms with E-state index < -0.39 is 0 Å². The third-order valence-corrected chi connectivity index (χ3v) is 3.62. The monoisotopic (exact) mass is 251 g/mol. The van der Waals surface area contributed by atoms with E-state index in [1.165, 1.54) is 0 Å². The maximum atomic E-state index is 9.90. The highest BCUT2D eigenvalue weighted by Crippen LogP contribution is 2.28. The molecule has 4 nitrogen and oxygen atoms in total. The fraction of sp³-hybridized carbons (Fsp3) is 0.786. The van der Waals surface area contributed by atoms with Crippen LogP contribution in [0.1, 0.15) is 39.3 Å². The van der Waals surface area contributed by atoms with Gasteiger partial charge in [0.2, 0.25) is 0 Å². The van der Waals surface area contributed by atoms with Crippen LogP contribution in [0.5, 0.6) is 0 Å². The molecule has 0 aromatic carbocycles. The highest BCUT2D eigenvalue weighted by atomic mass is 16.3. The zero-order valence-electron chi connectivity index (χ0n) is 11.8. The average Bonchev–Trinajstić information content (AvgIpc) is 2.67. The molecule has 4 heteroatoms. The van der Waals surface area contributed by atoms with E-state index in [4.69, 9.17) is 0 Å². The van der Waals surface area contributed by atoms with Gasteiger partial charge in [0, 0.05) is 32.4 Å². The number of hydrogen-bond acceptors (Lipinski definition) is 3. The highest BCUT2D eigenvalue weighted by Gasteiger charge is 2.29. The molecule has 1 fully saturated rings. The van der Waals surface area contributed by atoms with Gasteiger partial charge in [-0.25, -0.2) is 0 Å². The molecule has 0 saturated carbocycles. The molecule has 2 heterocycles. The van der Waals surface area contributed by atoms with E-state index in [1.54, 1.807) is 0 Å². The number of aryl methyl sites for hydroxylation is 1. The average molecular weight is 251 g/mol. The molecule has 0 unspecified atom stereocenters. The van der Waals surface area contributed by atoms with Gasteiger partial charge in [-0.2, -0.15) is 5.10 Å². The maximum absolute atomic E-state index is 9.90. The van der Waals surface area contributed by atoms with Gasteiger partial charge in [-0.05, 0) is 31.2 Å². The first-order valence-corrected chi connectivity index (χ1v) is 6.91. The SMILES string of the molecule is CCn1ccc(CN2CC[C@H](O)CC(C)(C)C2)n1. The van der Waals surface area contributed by atoms with Crippen molar-refractivity contribution in [2.75, 3.05) is 13.1 Å². The van der Waals surface area contributed by atoms with Gasteiger partial charge in [-0.3, -0.25) is 9.58 Å². The van der Waals surface area contributed by atoms with Crippen molar-refractivity contribution in [1.82, 2.24) is 14.7 Å². The molecule has 1 saturated heterocycles. The molecule has 1 aromatic heterocycles. The molecule has 0 spiro atoms. The normalized spacial score (nSPS) is 25.0. The first-order valence-electron chi connectivity index (χ1n) is 6.91. The highest BCUT2D eigenvalue weighted by molar-refractivity contribution is 4.99. The minimum Gasteiger partial charge on any atom is -0.393 e. The number of aliphatic hydroxyl groups excluding tert-OH is 1. The van der Waals surface area contributed by atoms with Gasteiger partial charge in [0.05, 0.1) is 11.8 Å². The lowest BCUT2D eigenvalue weighted by molar-refractivity contribution is 0.121. The molecule has 1 aliphatic rings. The van der Waals surface area contributed by atoms with Crippen molar-refractivity contribution in [3.63, 3.8) is 0 Å². The second kappa shape index (κ2) is 5.41. The smallest absolute Gasteiger partial charge is 0.0764 e. The van der Waals surface area contributed by atoms with Crippen molar-refractivity contribution in [1.29, 1.82) is 0 Å². The predicted octanol–water partition coefficient (Wildman–Crippen LogP) is 1.89. The van der Waals surface area contributed by atoms with Gasteiger partial charge < -0.3 is 5.11 Å². The predicted molar refractivity (Wildman–Crippen MR) is 72.2 cm³/mol. The minimum atomic E-state index is -0.154. The summed E-state index contributed by atoms with van der Waals surface area (Å²) in [6.07, 6.45) is 3.65. The van der Waals surface area contributed by atoms with Crippen LogP contribution in [0.25, 0.3) is 0 Å². The van der Waals surface area contributed by atoms with Crippen molar-refractivity contribution in [3.8, 4) is 0 Å². The molecule has 0 radical (unpaired) electrons. The van der Waals surface area contributed by atoms with Crippen molar-refractivity contribution in [2.45, 2.75) is 52.8 Å². The van der Waals surface area contributed by atoms with Gasteiger partial charge in [0.1, 0.15) is 0 Å². The first-order chi connectivity index (χ1) is 8.48. The molecular weight excluding hydrogens is 226 g/mol. The van der Waals surface area contributed by atoms with E-state index in [2.05, 4.69) is 36.8 Å². The van der Waals surface area contributed by atoms with Crippen molar-refractivity contribution < 1.29 is 5.11 Å². The number of aromatic nitrogens is 2. The van der Waals surface area contributed by atoms with Crippen LogP contribution in [0.4, 0.5) is 0 Å². The van der Waals surface area contributed by atoms with Crippen molar-refractivity contribution in [3.05, 3.63) is 18.0 Å². The summed E-state index contributed by atoms with van der Waals surface area (Å²) in [6, 6.07) is 2.10. The van der Waals surface area contributed by atoms with Crippen LogP contribution >= 0.6 is 0 Å². The van der Waals surface area contributed by atoms with Gasteiger partial charge in [0.15, 0.2) is 0 Å². The van der Waals surface area contributed by atoms with Gasteiger partial charge in [-0.1, -0.05) is 13.8 Å². The van der Waals surface area contributed by atoms with Crippen LogP contribution in [0.2, 0.25) is 0 Å². The molecule has 2 rings (SSSR count). The Labute approximate surface area is 110 Å². The van der Waals surface area contributed by atoms with Crippen LogP contribution in [-0.2, 0) is 13.1 Å². The Morgan fingerprint density at radius 3 is 2.94 bits per heavy atom. The van der Waals surface area contributed by atoms with Gasteiger partial charge >= 0.3 is 0 Å². The van der Waals surface area contributed by atoms with Crippen LogP contribution in [0.15, 0.2) is 12.3 Å². The Kier molecular flexibility index (Phi) is 4.07. The summed E-state index contributed by atoms with van der Waals surface area (Å²) < 4.78 is 1.97. The Bertz CT molecular complexity index is 386. The summed E-state index contributed by atoms with van der Waals surface area (Å²) in [6.45, 7) is 10.4.